The first-order valence-electron chi connectivity index (χ1n) is 6.14. The predicted molar refractivity (Wildman–Crippen MR) is 69.3 cm³/mol. The highest BCUT2D eigenvalue weighted by Crippen LogP contribution is 2.20. The molecule has 2 heteroatoms. The first-order chi connectivity index (χ1) is 8.29. The Labute approximate surface area is 103 Å². The molecule has 1 heterocycles. The lowest BCUT2D eigenvalue weighted by Gasteiger charge is -2.28. The summed E-state index contributed by atoms with van der Waals surface area (Å²) >= 11 is 0. The van der Waals surface area contributed by atoms with Gasteiger partial charge in [0.05, 0.1) is 6.07 Å². The van der Waals surface area contributed by atoms with E-state index in [2.05, 4.69) is 41.3 Å². The quantitative estimate of drug-likeness (QED) is 0.724. The summed E-state index contributed by atoms with van der Waals surface area (Å²) in [6.07, 6.45) is 2.10. The van der Waals surface area contributed by atoms with Gasteiger partial charge in [0.2, 0.25) is 0 Å². The Balaban J connectivity index is 1.91. The van der Waals surface area contributed by atoms with Gasteiger partial charge in [-0.25, -0.2) is 0 Å². The molecule has 1 fully saturated rings. The van der Waals surface area contributed by atoms with Crippen LogP contribution in [-0.2, 0) is 6.54 Å². The fraction of sp³-hybridized carbons (Fsp3) is 0.400. The summed E-state index contributed by atoms with van der Waals surface area (Å²) < 4.78 is 0. The van der Waals surface area contributed by atoms with Crippen molar-refractivity contribution in [2.24, 2.45) is 0 Å². The first-order valence-corrected chi connectivity index (χ1v) is 6.14. The molecule has 1 saturated heterocycles. The lowest BCUT2D eigenvalue weighted by atomic mass is 9.99. The van der Waals surface area contributed by atoms with E-state index in [0.29, 0.717) is 0 Å². The van der Waals surface area contributed by atoms with Crippen LogP contribution in [0.5, 0.6) is 0 Å². The molecular weight excluding hydrogens is 208 g/mol. The predicted octanol–water partition coefficient (Wildman–Crippen LogP) is 3.12. The molecule has 0 radical (unpaired) electrons. The minimum atomic E-state index is 0.921. The van der Waals surface area contributed by atoms with Crippen molar-refractivity contribution in [1.82, 2.24) is 4.90 Å². The van der Waals surface area contributed by atoms with E-state index in [1.54, 1.807) is 0 Å². The summed E-state index contributed by atoms with van der Waals surface area (Å²) in [6.45, 7) is 5.11. The van der Waals surface area contributed by atoms with E-state index in [9.17, 15) is 0 Å². The van der Waals surface area contributed by atoms with Crippen molar-refractivity contribution in [3.05, 3.63) is 47.0 Å². The van der Waals surface area contributed by atoms with Crippen molar-refractivity contribution in [2.45, 2.75) is 26.3 Å². The highest BCUT2D eigenvalue weighted by Gasteiger charge is 2.15. The maximum atomic E-state index is 8.87. The fourth-order valence-electron chi connectivity index (χ4n) is 2.28. The Morgan fingerprint density at radius 1 is 1.24 bits per heavy atom. The monoisotopic (exact) mass is 226 g/mol. The van der Waals surface area contributed by atoms with Gasteiger partial charge in [0, 0.05) is 25.2 Å². The van der Waals surface area contributed by atoms with Gasteiger partial charge < -0.3 is 0 Å². The van der Waals surface area contributed by atoms with Crippen molar-refractivity contribution in [3.63, 3.8) is 0 Å². The lowest BCUT2D eigenvalue weighted by Crippen LogP contribution is -2.30. The molecule has 2 rings (SSSR count). The van der Waals surface area contributed by atoms with Gasteiger partial charge in [-0.15, -0.1) is 0 Å². The molecule has 17 heavy (non-hydrogen) atoms. The van der Waals surface area contributed by atoms with Crippen molar-refractivity contribution < 1.29 is 0 Å². The largest absolute Gasteiger partial charge is 0.298 e. The minimum absolute atomic E-state index is 0.921. The SMILES string of the molecule is CC(C#N)=C1CCN(Cc2ccccc2)CC1. The van der Waals surface area contributed by atoms with Crippen LogP contribution in [0.4, 0.5) is 0 Å². The first kappa shape index (κ1) is 11.9. The Morgan fingerprint density at radius 3 is 2.47 bits per heavy atom. The van der Waals surface area contributed by atoms with E-state index in [1.165, 1.54) is 11.1 Å². The summed E-state index contributed by atoms with van der Waals surface area (Å²) in [7, 11) is 0. The molecule has 1 aromatic rings. The molecule has 0 bridgehead atoms. The molecule has 88 valence electrons. The molecule has 1 aliphatic heterocycles. The van der Waals surface area contributed by atoms with Crippen LogP contribution in [0.25, 0.3) is 0 Å². The van der Waals surface area contributed by atoms with E-state index in [4.69, 9.17) is 5.26 Å². The number of rotatable bonds is 2. The van der Waals surface area contributed by atoms with Gasteiger partial charge in [0.1, 0.15) is 0 Å². The third-order valence-electron chi connectivity index (χ3n) is 3.41. The number of likely N-dealkylation sites (tertiary alicyclic amines) is 1. The zero-order valence-corrected chi connectivity index (χ0v) is 10.3. The third-order valence-corrected chi connectivity index (χ3v) is 3.41. The molecule has 0 aliphatic carbocycles. The summed E-state index contributed by atoms with van der Waals surface area (Å²) in [5, 5.41) is 8.87. The number of nitriles is 1. The summed E-state index contributed by atoms with van der Waals surface area (Å²) in [5.41, 5.74) is 3.64. The number of benzene rings is 1. The molecule has 0 N–H and O–H groups in total. The van der Waals surface area contributed by atoms with Gasteiger partial charge in [-0.05, 0) is 25.3 Å². The van der Waals surface area contributed by atoms with Crippen LogP contribution in [0.2, 0.25) is 0 Å². The highest BCUT2D eigenvalue weighted by molar-refractivity contribution is 5.26. The topological polar surface area (TPSA) is 27.0 Å². The molecule has 0 atom stereocenters. The molecule has 1 aliphatic rings. The number of allylic oxidation sites excluding steroid dienone is 1. The Bertz CT molecular complexity index is 430. The molecule has 0 saturated carbocycles. The van der Waals surface area contributed by atoms with Gasteiger partial charge in [0.15, 0.2) is 0 Å². The number of hydrogen-bond donors (Lipinski definition) is 0. The standard InChI is InChI=1S/C15H18N2/c1-13(11-16)15-7-9-17(10-8-15)12-14-5-3-2-4-6-14/h2-6H,7-10,12H2,1H3. The maximum Gasteiger partial charge on any atom is 0.0943 e. The second kappa shape index (κ2) is 5.65. The highest BCUT2D eigenvalue weighted by atomic mass is 15.1. The fourth-order valence-corrected chi connectivity index (χ4v) is 2.28. The van der Waals surface area contributed by atoms with Crippen molar-refractivity contribution in [2.75, 3.05) is 13.1 Å². The summed E-state index contributed by atoms with van der Waals surface area (Å²) in [6, 6.07) is 12.8. The smallest absolute Gasteiger partial charge is 0.0943 e. The van der Waals surface area contributed by atoms with Crippen LogP contribution in [0.15, 0.2) is 41.5 Å². The van der Waals surface area contributed by atoms with Crippen LogP contribution in [-0.4, -0.2) is 18.0 Å². The maximum absolute atomic E-state index is 8.87. The van der Waals surface area contributed by atoms with E-state index in [-0.39, 0.29) is 0 Å². The number of nitrogens with zero attached hydrogens (tertiary/aromatic N) is 2. The average molecular weight is 226 g/mol. The van der Waals surface area contributed by atoms with Crippen LogP contribution in [0, 0.1) is 11.3 Å². The van der Waals surface area contributed by atoms with Crippen LogP contribution in [0.3, 0.4) is 0 Å². The Kier molecular flexibility index (Phi) is 3.95. The Morgan fingerprint density at radius 2 is 1.88 bits per heavy atom. The van der Waals surface area contributed by atoms with E-state index in [0.717, 1.165) is 38.0 Å². The lowest BCUT2D eigenvalue weighted by molar-refractivity contribution is 0.247. The average Bonchev–Trinajstić information content (AvgIpc) is 2.40. The zero-order chi connectivity index (χ0) is 12.1. The summed E-state index contributed by atoms with van der Waals surface area (Å²) in [5.74, 6) is 0. The second-order valence-corrected chi connectivity index (χ2v) is 4.60. The molecule has 1 aromatic carbocycles. The Hall–Kier alpha value is -1.59. The van der Waals surface area contributed by atoms with Gasteiger partial charge in [0.25, 0.3) is 0 Å². The molecule has 0 amide bonds. The molecule has 2 nitrogen and oxygen atoms in total. The number of piperidine rings is 1. The van der Waals surface area contributed by atoms with Crippen LogP contribution in [0.1, 0.15) is 25.3 Å². The van der Waals surface area contributed by atoms with Gasteiger partial charge in [-0.1, -0.05) is 35.9 Å². The summed E-state index contributed by atoms with van der Waals surface area (Å²) in [4.78, 5) is 2.46. The van der Waals surface area contributed by atoms with Crippen LogP contribution < -0.4 is 0 Å². The third kappa shape index (κ3) is 3.18. The van der Waals surface area contributed by atoms with Gasteiger partial charge in [-0.2, -0.15) is 5.26 Å². The second-order valence-electron chi connectivity index (χ2n) is 4.60. The van der Waals surface area contributed by atoms with Gasteiger partial charge >= 0.3 is 0 Å². The van der Waals surface area contributed by atoms with Crippen molar-refractivity contribution in [1.29, 1.82) is 5.26 Å². The molecule has 0 spiro atoms. The molecule has 0 aromatic heterocycles. The van der Waals surface area contributed by atoms with Gasteiger partial charge in [-0.3, -0.25) is 4.90 Å². The molecular formula is C15H18N2. The zero-order valence-electron chi connectivity index (χ0n) is 10.3. The van der Waals surface area contributed by atoms with Crippen LogP contribution >= 0.6 is 0 Å². The normalized spacial score (nSPS) is 16.6. The van der Waals surface area contributed by atoms with E-state index in [1.807, 2.05) is 6.92 Å². The van der Waals surface area contributed by atoms with Crippen molar-refractivity contribution in [3.8, 4) is 6.07 Å². The van der Waals surface area contributed by atoms with E-state index < -0.39 is 0 Å². The molecule has 0 unspecified atom stereocenters. The minimum Gasteiger partial charge on any atom is -0.298 e. The van der Waals surface area contributed by atoms with Crippen molar-refractivity contribution >= 4 is 0 Å². The van der Waals surface area contributed by atoms with E-state index >= 15 is 0 Å². The number of hydrogen-bond acceptors (Lipinski definition) is 2.